The molecule has 1 unspecified atom stereocenters. The Morgan fingerprint density at radius 2 is 1.43 bits per heavy atom. The van der Waals surface area contributed by atoms with Crippen LogP contribution in [0.3, 0.4) is 0 Å². The minimum absolute atomic E-state index is 0. The molecule has 0 aromatic rings. The zero-order valence-electron chi connectivity index (χ0n) is 13.2. The van der Waals surface area contributed by atoms with Gasteiger partial charge in [0.15, 0.2) is 5.25 Å². The average Bonchev–Trinajstić information content (AvgIpc) is 2.44. The standard InChI is InChI=1S/C14H26O7S.K.H/c1-3-5-7-9-20-13(15)11-12(22(17,18)19)14(16)21-10-8-6-4-2;;/h12H,3-11H2,1-2H3,(H,17,18,19);;. The third kappa shape index (κ3) is 13.5. The second kappa shape index (κ2) is 14.8. The summed E-state index contributed by atoms with van der Waals surface area (Å²) in [7, 11) is -4.71. The zero-order chi connectivity index (χ0) is 17.0. The maximum atomic E-state index is 11.7. The number of hydrogen-bond donors (Lipinski definition) is 1. The van der Waals surface area contributed by atoms with E-state index in [1.807, 2.05) is 13.8 Å². The summed E-state index contributed by atoms with van der Waals surface area (Å²) in [5.74, 6) is -1.96. The molecule has 0 bridgehead atoms. The van der Waals surface area contributed by atoms with Crippen molar-refractivity contribution >= 4 is 73.4 Å². The summed E-state index contributed by atoms with van der Waals surface area (Å²) in [6.45, 7) is 4.18. The van der Waals surface area contributed by atoms with Crippen molar-refractivity contribution in [2.75, 3.05) is 13.2 Å². The summed E-state index contributed by atoms with van der Waals surface area (Å²) in [6.07, 6.45) is 4.12. The molecular weight excluding hydrogens is 351 g/mol. The van der Waals surface area contributed by atoms with Gasteiger partial charge < -0.3 is 9.47 Å². The van der Waals surface area contributed by atoms with Crippen LogP contribution in [-0.4, -0.2) is 94.8 Å². The number of esters is 2. The van der Waals surface area contributed by atoms with E-state index in [4.69, 9.17) is 14.0 Å². The van der Waals surface area contributed by atoms with Crippen LogP contribution in [0.2, 0.25) is 0 Å². The van der Waals surface area contributed by atoms with E-state index in [2.05, 4.69) is 0 Å². The molecule has 0 aliphatic carbocycles. The first kappa shape index (κ1) is 25.7. The van der Waals surface area contributed by atoms with Crippen molar-refractivity contribution in [2.45, 2.75) is 64.0 Å². The van der Waals surface area contributed by atoms with Crippen molar-refractivity contribution in [3.8, 4) is 0 Å². The van der Waals surface area contributed by atoms with Gasteiger partial charge in [-0.05, 0) is 12.8 Å². The van der Waals surface area contributed by atoms with Crippen LogP contribution in [0.1, 0.15) is 58.8 Å². The van der Waals surface area contributed by atoms with Gasteiger partial charge in [-0.1, -0.05) is 39.5 Å². The summed E-state index contributed by atoms with van der Waals surface area (Å²) in [4.78, 5) is 23.2. The molecule has 0 rings (SSSR count). The van der Waals surface area contributed by atoms with Crippen LogP contribution in [0.25, 0.3) is 0 Å². The van der Waals surface area contributed by atoms with Crippen molar-refractivity contribution in [3.63, 3.8) is 0 Å². The van der Waals surface area contributed by atoms with Crippen molar-refractivity contribution in [1.82, 2.24) is 0 Å². The Hall–Kier alpha value is 0.486. The number of carbonyl (C=O) groups excluding carboxylic acids is 2. The van der Waals surface area contributed by atoms with E-state index < -0.39 is 33.7 Å². The molecule has 7 nitrogen and oxygen atoms in total. The summed E-state index contributed by atoms with van der Waals surface area (Å²) in [6, 6.07) is 0. The zero-order valence-corrected chi connectivity index (χ0v) is 14.1. The monoisotopic (exact) mass is 378 g/mol. The molecule has 0 aliphatic heterocycles. The van der Waals surface area contributed by atoms with E-state index in [9.17, 15) is 18.0 Å². The van der Waals surface area contributed by atoms with E-state index in [0.29, 0.717) is 12.8 Å². The van der Waals surface area contributed by atoms with E-state index in [-0.39, 0.29) is 64.6 Å². The van der Waals surface area contributed by atoms with Gasteiger partial charge in [0.2, 0.25) is 0 Å². The van der Waals surface area contributed by atoms with Gasteiger partial charge in [-0.15, -0.1) is 0 Å². The van der Waals surface area contributed by atoms with Gasteiger partial charge in [0.25, 0.3) is 10.1 Å². The first-order valence-electron chi connectivity index (χ1n) is 7.61. The van der Waals surface area contributed by atoms with Crippen molar-refractivity contribution in [2.24, 2.45) is 0 Å². The molecule has 0 heterocycles. The molecule has 1 atom stereocenters. The normalized spacial score (nSPS) is 12.1. The molecule has 0 amide bonds. The van der Waals surface area contributed by atoms with E-state index in [1.54, 1.807) is 0 Å². The summed E-state index contributed by atoms with van der Waals surface area (Å²) >= 11 is 0. The molecule has 132 valence electrons. The van der Waals surface area contributed by atoms with E-state index >= 15 is 0 Å². The minimum atomic E-state index is -4.71. The second-order valence-electron chi connectivity index (χ2n) is 5.01. The van der Waals surface area contributed by atoms with Crippen LogP contribution >= 0.6 is 0 Å². The van der Waals surface area contributed by atoms with Crippen molar-refractivity contribution < 1.29 is 32.0 Å². The molecular formula is C14H27KO7S. The summed E-state index contributed by atoms with van der Waals surface area (Å²) in [5.41, 5.74) is 0. The topological polar surface area (TPSA) is 107 Å². The fourth-order valence-corrected chi connectivity index (χ4v) is 2.33. The quantitative estimate of drug-likeness (QED) is 0.237. The number of hydrogen-bond acceptors (Lipinski definition) is 6. The van der Waals surface area contributed by atoms with Crippen molar-refractivity contribution in [1.29, 1.82) is 0 Å². The molecule has 0 aromatic heterocycles. The van der Waals surface area contributed by atoms with Gasteiger partial charge >= 0.3 is 63.3 Å². The first-order chi connectivity index (χ1) is 10.3. The van der Waals surface area contributed by atoms with Crippen LogP contribution in [0.5, 0.6) is 0 Å². The summed E-state index contributed by atoms with van der Waals surface area (Å²) < 4.78 is 41.1. The molecule has 0 aliphatic rings. The maximum absolute atomic E-state index is 11.7. The number of rotatable bonds is 12. The Labute approximate surface area is 181 Å². The SMILES string of the molecule is CCCCCOC(=O)CC(C(=O)OCCCCC)S(=O)(=O)O.[KH]. The van der Waals surface area contributed by atoms with Crippen LogP contribution in [0.4, 0.5) is 0 Å². The third-order valence-electron chi connectivity index (χ3n) is 2.98. The predicted molar refractivity (Wildman–Crippen MR) is 88.1 cm³/mol. The van der Waals surface area contributed by atoms with Crippen LogP contribution in [-0.2, 0) is 29.2 Å². The Kier molecular flexibility index (Phi) is 16.6. The Balaban J connectivity index is 0. The molecule has 0 aromatic carbocycles. The van der Waals surface area contributed by atoms with Crippen LogP contribution < -0.4 is 0 Å². The fraction of sp³-hybridized carbons (Fsp3) is 0.857. The molecule has 0 saturated heterocycles. The third-order valence-corrected chi connectivity index (χ3v) is 4.06. The molecule has 0 saturated carbocycles. The molecule has 23 heavy (non-hydrogen) atoms. The Morgan fingerprint density at radius 1 is 0.957 bits per heavy atom. The van der Waals surface area contributed by atoms with Gasteiger partial charge in [-0.3, -0.25) is 14.1 Å². The average molecular weight is 379 g/mol. The molecule has 0 fully saturated rings. The molecule has 1 N–H and O–H groups in total. The van der Waals surface area contributed by atoms with Gasteiger partial charge in [0.05, 0.1) is 19.6 Å². The van der Waals surface area contributed by atoms with Gasteiger partial charge in [-0.25, -0.2) is 0 Å². The second-order valence-corrected chi connectivity index (χ2v) is 6.61. The number of unbranched alkanes of at least 4 members (excludes halogenated alkanes) is 4. The number of carbonyl (C=O) groups is 2. The Bertz CT molecular complexity index is 436. The summed E-state index contributed by atoms with van der Waals surface area (Å²) in [5, 5.41) is -1.92. The van der Waals surface area contributed by atoms with Gasteiger partial charge in [0.1, 0.15) is 0 Å². The van der Waals surface area contributed by atoms with Gasteiger partial charge in [-0.2, -0.15) is 8.42 Å². The fourth-order valence-electron chi connectivity index (χ4n) is 1.68. The van der Waals surface area contributed by atoms with Crippen LogP contribution in [0, 0.1) is 0 Å². The molecule has 9 heteroatoms. The number of ether oxygens (including phenoxy) is 2. The van der Waals surface area contributed by atoms with E-state index in [1.165, 1.54) is 0 Å². The van der Waals surface area contributed by atoms with Crippen molar-refractivity contribution in [3.05, 3.63) is 0 Å². The van der Waals surface area contributed by atoms with Gasteiger partial charge in [0, 0.05) is 0 Å². The Morgan fingerprint density at radius 3 is 1.87 bits per heavy atom. The predicted octanol–water partition coefficient (Wildman–Crippen LogP) is 1.45. The first-order valence-corrected chi connectivity index (χ1v) is 9.11. The molecule has 0 spiro atoms. The van der Waals surface area contributed by atoms with Crippen LogP contribution in [0.15, 0.2) is 0 Å². The molecule has 0 radical (unpaired) electrons. The van der Waals surface area contributed by atoms with E-state index in [0.717, 1.165) is 25.7 Å².